The average molecular weight is 417 g/mol. The molecule has 2 heterocycles. The van der Waals surface area contributed by atoms with E-state index in [1.54, 1.807) is 35.2 Å². The molecule has 0 spiro atoms. The van der Waals surface area contributed by atoms with E-state index in [0.717, 1.165) is 5.56 Å². The first kappa shape index (κ1) is 19.4. The number of anilines is 2. The molecular weight excluding hydrogens is 396 g/mol. The van der Waals surface area contributed by atoms with Crippen LogP contribution in [-0.4, -0.2) is 38.7 Å². The van der Waals surface area contributed by atoms with Crippen molar-refractivity contribution < 1.29 is 23.8 Å². The van der Waals surface area contributed by atoms with Gasteiger partial charge in [0.2, 0.25) is 11.8 Å². The van der Waals surface area contributed by atoms with Gasteiger partial charge in [0.05, 0.1) is 18.7 Å². The van der Waals surface area contributed by atoms with Gasteiger partial charge in [0, 0.05) is 35.8 Å². The van der Waals surface area contributed by atoms with Crippen molar-refractivity contribution in [3.05, 3.63) is 40.9 Å². The van der Waals surface area contributed by atoms with Gasteiger partial charge in [-0.1, -0.05) is 11.6 Å². The van der Waals surface area contributed by atoms with Crippen LogP contribution < -0.4 is 24.4 Å². The maximum absolute atomic E-state index is 12.8. The van der Waals surface area contributed by atoms with Crippen molar-refractivity contribution >= 4 is 34.8 Å². The Hall–Kier alpha value is -2.93. The standard InChI is InChI=1S/C21H21ClN2O5/c1-12-7-16(18(27-2)10-15(12)22)23-21(26)13-8-20(25)24(11-13)14-3-4-17-19(9-14)29-6-5-28-17/h3-4,7,9-10,13H,5-6,8,11H2,1-2H3,(H,23,26). The summed E-state index contributed by atoms with van der Waals surface area (Å²) in [6.45, 7) is 3.11. The van der Waals surface area contributed by atoms with Crippen LogP contribution in [0.4, 0.5) is 11.4 Å². The number of fused-ring (bicyclic) bond motifs is 1. The topological polar surface area (TPSA) is 77.1 Å². The van der Waals surface area contributed by atoms with Crippen LogP contribution in [0.25, 0.3) is 0 Å². The van der Waals surface area contributed by atoms with Crippen LogP contribution >= 0.6 is 11.6 Å². The molecule has 0 aromatic heterocycles. The Morgan fingerprint density at radius 1 is 1.21 bits per heavy atom. The lowest BCUT2D eigenvalue weighted by atomic mass is 10.1. The summed E-state index contributed by atoms with van der Waals surface area (Å²) in [5.74, 6) is 0.917. The summed E-state index contributed by atoms with van der Waals surface area (Å²) in [5, 5.41) is 3.42. The second kappa shape index (κ2) is 7.83. The highest BCUT2D eigenvalue weighted by molar-refractivity contribution is 6.31. The molecule has 7 nitrogen and oxygen atoms in total. The molecule has 1 fully saturated rings. The minimum atomic E-state index is -0.476. The molecular formula is C21H21ClN2O5. The second-order valence-corrected chi connectivity index (χ2v) is 7.43. The fraction of sp³-hybridized carbons (Fsp3) is 0.333. The van der Waals surface area contributed by atoms with E-state index in [0.29, 0.717) is 53.4 Å². The normalized spacial score (nSPS) is 18.0. The molecule has 0 radical (unpaired) electrons. The first-order chi connectivity index (χ1) is 14.0. The maximum atomic E-state index is 12.8. The lowest BCUT2D eigenvalue weighted by Crippen LogP contribution is -2.28. The lowest BCUT2D eigenvalue weighted by molar-refractivity contribution is -0.122. The molecule has 1 saturated heterocycles. The summed E-state index contributed by atoms with van der Waals surface area (Å²) >= 11 is 6.12. The van der Waals surface area contributed by atoms with E-state index >= 15 is 0 Å². The fourth-order valence-electron chi connectivity index (χ4n) is 3.50. The summed E-state index contributed by atoms with van der Waals surface area (Å²) < 4.78 is 16.4. The molecule has 2 aliphatic heterocycles. The average Bonchev–Trinajstić information content (AvgIpc) is 3.12. The Bertz CT molecular complexity index is 978. The lowest BCUT2D eigenvalue weighted by Gasteiger charge is -2.22. The van der Waals surface area contributed by atoms with E-state index in [-0.39, 0.29) is 18.2 Å². The molecule has 0 aliphatic carbocycles. The first-order valence-electron chi connectivity index (χ1n) is 9.31. The molecule has 29 heavy (non-hydrogen) atoms. The zero-order valence-electron chi connectivity index (χ0n) is 16.2. The molecule has 1 unspecified atom stereocenters. The summed E-state index contributed by atoms with van der Waals surface area (Å²) in [6.07, 6.45) is 0.134. The third-order valence-corrected chi connectivity index (χ3v) is 5.48. The minimum absolute atomic E-state index is 0.110. The van der Waals surface area contributed by atoms with E-state index in [1.165, 1.54) is 7.11 Å². The number of methoxy groups -OCH3 is 1. The zero-order valence-corrected chi connectivity index (χ0v) is 16.9. The van der Waals surface area contributed by atoms with Gasteiger partial charge in [0.1, 0.15) is 19.0 Å². The molecule has 4 rings (SSSR count). The fourth-order valence-corrected chi connectivity index (χ4v) is 3.65. The number of halogens is 1. The van der Waals surface area contributed by atoms with E-state index in [2.05, 4.69) is 5.32 Å². The monoisotopic (exact) mass is 416 g/mol. The van der Waals surface area contributed by atoms with Crippen molar-refractivity contribution in [1.82, 2.24) is 0 Å². The number of hydrogen-bond acceptors (Lipinski definition) is 5. The number of amides is 2. The van der Waals surface area contributed by atoms with Crippen LogP contribution in [-0.2, 0) is 9.59 Å². The molecule has 8 heteroatoms. The molecule has 1 N–H and O–H groups in total. The number of nitrogens with one attached hydrogen (secondary N) is 1. The van der Waals surface area contributed by atoms with Gasteiger partial charge in [0.15, 0.2) is 11.5 Å². The van der Waals surface area contributed by atoms with Crippen molar-refractivity contribution in [2.75, 3.05) is 37.1 Å². The second-order valence-electron chi connectivity index (χ2n) is 7.02. The highest BCUT2D eigenvalue weighted by atomic mass is 35.5. The number of nitrogens with zero attached hydrogens (tertiary/aromatic N) is 1. The number of aryl methyl sites for hydroxylation is 1. The van der Waals surface area contributed by atoms with Crippen molar-refractivity contribution in [2.24, 2.45) is 5.92 Å². The Labute approximate surface area is 173 Å². The Balaban J connectivity index is 1.49. The van der Waals surface area contributed by atoms with E-state index < -0.39 is 5.92 Å². The van der Waals surface area contributed by atoms with Gasteiger partial charge in [-0.2, -0.15) is 0 Å². The van der Waals surface area contributed by atoms with Gasteiger partial charge in [0.25, 0.3) is 0 Å². The molecule has 0 bridgehead atoms. The predicted molar refractivity (Wildman–Crippen MR) is 109 cm³/mol. The van der Waals surface area contributed by atoms with Gasteiger partial charge >= 0.3 is 0 Å². The summed E-state index contributed by atoms with van der Waals surface area (Å²) in [7, 11) is 1.51. The van der Waals surface area contributed by atoms with Gasteiger partial charge in [-0.25, -0.2) is 0 Å². The highest BCUT2D eigenvalue weighted by Crippen LogP contribution is 2.36. The highest BCUT2D eigenvalue weighted by Gasteiger charge is 2.36. The Morgan fingerprint density at radius 3 is 2.72 bits per heavy atom. The van der Waals surface area contributed by atoms with Crippen molar-refractivity contribution in [3.63, 3.8) is 0 Å². The van der Waals surface area contributed by atoms with Gasteiger partial charge in [-0.05, 0) is 30.7 Å². The summed E-state index contributed by atoms with van der Waals surface area (Å²) in [5.41, 5.74) is 2.04. The van der Waals surface area contributed by atoms with Crippen LogP contribution in [0, 0.1) is 12.8 Å². The van der Waals surface area contributed by atoms with Gasteiger partial charge in [-0.15, -0.1) is 0 Å². The third kappa shape index (κ3) is 3.82. The van der Waals surface area contributed by atoms with E-state index in [9.17, 15) is 9.59 Å². The largest absolute Gasteiger partial charge is 0.495 e. The predicted octanol–water partition coefficient (Wildman–Crippen LogP) is 3.42. The van der Waals surface area contributed by atoms with Crippen LogP contribution in [0.1, 0.15) is 12.0 Å². The Kier molecular flexibility index (Phi) is 5.24. The third-order valence-electron chi connectivity index (χ3n) is 5.07. The van der Waals surface area contributed by atoms with Crippen molar-refractivity contribution in [1.29, 1.82) is 0 Å². The zero-order chi connectivity index (χ0) is 20.5. The number of ether oxygens (including phenoxy) is 3. The smallest absolute Gasteiger partial charge is 0.229 e. The molecule has 1 atom stereocenters. The molecule has 152 valence electrons. The van der Waals surface area contributed by atoms with Gasteiger partial charge < -0.3 is 24.4 Å². The van der Waals surface area contributed by atoms with Crippen LogP contribution in [0.2, 0.25) is 5.02 Å². The Morgan fingerprint density at radius 2 is 1.97 bits per heavy atom. The molecule has 2 aromatic carbocycles. The van der Waals surface area contributed by atoms with Crippen molar-refractivity contribution in [2.45, 2.75) is 13.3 Å². The molecule has 0 saturated carbocycles. The number of benzene rings is 2. The van der Waals surface area contributed by atoms with E-state index in [1.807, 2.05) is 6.92 Å². The molecule has 2 amide bonds. The number of carbonyl (C=O) groups is 2. The van der Waals surface area contributed by atoms with Crippen LogP contribution in [0.5, 0.6) is 17.2 Å². The molecule has 2 aromatic rings. The number of rotatable bonds is 4. The van der Waals surface area contributed by atoms with Crippen LogP contribution in [0.15, 0.2) is 30.3 Å². The minimum Gasteiger partial charge on any atom is -0.495 e. The number of carbonyl (C=O) groups excluding carboxylic acids is 2. The number of hydrogen-bond donors (Lipinski definition) is 1. The van der Waals surface area contributed by atoms with Crippen molar-refractivity contribution in [3.8, 4) is 17.2 Å². The SMILES string of the molecule is COc1cc(Cl)c(C)cc1NC(=O)C1CC(=O)N(c2ccc3c(c2)OCCO3)C1. The quantitative estimate of drug-likeness (QED) is 0.826. The van der Waals surface area contributed by atoms with Crippen LogP contribution in [0.3, 0.4) is 0 Å². The summed E-state index contributed by atoms with van der Waals surface area (Å²) in [4.78, 5) is 27.0. The maximum Gasteiger partial charge on any atom is 0.229 e. The first-order valence-corrected chi connectivity index (χ1v) is 9.69. The van der Waals surface area contributed by atoms with E-state index in [4.69, 9.17) is 25.8 Å². The molecule has 2 aliphatic rings. The summed E-state index contributed by atoms with van der Waals surface area (Å²) in [6, 6.07) is 8.78. The van der Waals surface area contributed by atoms with Gasteiger partial charge in [-0.3, -0.25) is 9.59 Å².